The van der Waals surface area contributed by atoms with Gasteiger partial charge in [-0.05, 0) is 40.0 Å². The van der Waals surface area contributed by atoms with Crippen molar-refractivity contribution in [3.63, 3.8) is 0 Å². The highest BCUT2D eigenvalue weighted by atomic mass is 32.2. The summed E-state index contributed by atoms with van der Waals surface area (Å²) in [4.78, 5) is 0. The largest absolute Gasteiger partial charge is 0.755 e. The van der Waals surface area contributed by atoms with Gasteiger partial charge < -0.3 is 9.27 Å². The molecule has 1 unspecified atom stereocenters. The van der Waals surface area contributed by atoms with Gasteiger partial charge >= 0.3 is 0 Å². The van der Waals surface area contributed by atoms with Gasteiger partial charge in [0.05, 0.1) is 0 Å². The van der Waals surface area contributed by atoms with E-state index < -0.39 is 11.3 Å². The summed E-state index contributed by atoms with van der Waals surface area (Å²) in [6, 6.07) is 22.9. The quantitative estimate of drug-likeness (QED) is 0.727. The first kappa shape index (κ1) is 15.5. The van der Waals surface area contributed by atoms with Crippen LogP contribution in [0.25, 0.3) is 16.8 Å². The van der Waals surface area contributed by atoms with Gasteiger partial charge in [-0.1, -0.05) is 66.7 Å². The van der Waals surface area contributed by atoms with Crippen LogP contribution in [0.3, 0.4) is 0 Å². The van der Waals surface area contributed by atoms with Gasteiger partial charge in [-0.15, -0.1) is 0 Å². The molecule has 1 atom stereocenters. The number of fused-ring (bicyclic) bond motifs is 1. The molecule has 1 N–H and O–H groups in total. The fourth-order valence-electron chi connectivity index (χ4n) is 2.52. The average molecular weight is 322 g/mol. The summed E-state index contributed by atoms with van der Waals surface area (Å²) < 4.78 is 23.0. The zero-order valence-corrected chi connectivity index (χ0v) is 13.3. The molecule has 3 nitrogen and oxygen atoms in total. The van der Waals surface area contributed by atoms with Crippen molar-refractivity contribution >= 4 is 28.1 Å². The maximum atomic E-state index is 10.4. The molecule has 3 rings (SSSR count). The van der Waals surface area contributed by atoms with Crippen molar-refractivity contribution in [2.45, 2.75) is 6.42 Å². The maximum absolute atomic E-state index is 10.4. The molecule has 4 heteroatoms. The second-order valence-corrected chi connectivity index (χ2v) is 5.99. The molecule has 0 saturated carbocycles. The van der Waals surface area contributed by atoms with E-state index in [1.54, 1.807) is 6.08 Å². The fourth-order valence-corrected chi connectivity index (χ4v) is 2.70. The molecular formula is C19H16NO2S-. The minimum atomic E-state index is -2.27. The first-order chi connectivity index (χ1) is 11.2. The molecule has 0 fully saturated rings. The summed E-state index contributed by atoms with van der Waals surface area (Å²) in [6.45, 7) is 0. The highest BCUT2D eigenvalue weighted by molar-refractivity contribution is 7.77. The Morgan fingerprint density at radius 2 is 1.61 bits per heavy atom. The molecule has 0 amide bonds. The molecule has 0 aliphatic carbocycles. The number of hydrogen-bond acceptors (Lipinski definition) is 2. The average Bonchev–Trinajstić information content (AvgIpc) is 2.56. The van der Waals surface area contributed by atoms with Crippen LogP contribution in [0, 0.1) is 0 Å². The van der Waals surface area contributed by atoms with E-state index in [2.05, 4.69) is 53.3 Å². The summed E-state index contributed by atoms with van der Waals surface area (Å²) in [6.07, 6.45) is 3.99. The summed E-state index contributed by atoms with van der Waals surface area (Å²) in [5.41, 5.74) is 3.44. The Kier molecular flexibility index (Phi) is 4.86. The molecule has 0 saturated heterocycles. The van der Waals surface area contributed by atoms with Crippen LogP contribution in [0.1, 0.15) is 16.7 Å². The first-order valence-corrected chi connectivity index (χ1v) is 8.37. The van der Waals surface area contributed by atoms with Crippen molar-refractivity contribution in [2.24, 2.45) is 0 Å². The lowest BCUT2D eigenvalue weighted by Crippen LogP contribution is -2.07. The third kappa shape index (κ3) is 4.28. The van der Waals surface area contributed by atoms with Crippen molar-refractivity contribution in [3.8, 4) is 0 Å². The van der Waals surface area contributed by atoms with Gasteiger partial charge in [-0.3, -0.25) is 4.21 Å². The summed E-state index contributed by atoms with van der Waals surface area (Å²) in [7, 11) is 0. The van der Waals surface area contributed by atoms with E-state index >= 15 is 0 Å². The van der Waals surface area contributed by atoms with Gasteiger partial charge in [0.2, 0.25) is 0 Å². The molecule has 0 spiro atoms. The Hall–Kier alpha value is -2.43. The van der Waals surface area contributed by atoms with Crippen LogP contribution in [0.4, 0.5) is 0 Å². The first-order valence-electron chi connectivity index (χ1n) is 7.29. The molecule has 0 aliphatic rings. The monoisotopic (exact) mass is 322 g/mol. The van der Waals surface area contributed by atoms with Crippen LogP contribution in [-0.2, 0) is 17.7 Å². The van der Waals surface area contributed by atoms with Crippen LogP contribution in [0.5, 0.6) is 0 Å². The third-order valence-electron chi connectivity index (χ3n) is 3.64. The summed E-state index contributed by atoms with van der Waals surface area (Å²) in [5, 5.41) is 2.50. The second-order valence-electron chi connectivity index (χ2n) is 5.29. The van der Waals surface area contributed by atoms with Crippen molar-refractivity contribution in [3.05, 3.63) is 89.6 Å². The normalized spacial score (nSPS) is 12.6. The van der Waals surface area contributed by atoms with E-state index in [1.807, 2.05) is 18.2 Å². The van der Waals surface area contributed by atoms with Gasteiger partial charge in [0.15, 0.2) is 0 Å². The van der Waals surface area contributed by atoms with E-state index in [-0.39, 0.29) is 0 Å². The number of hydrogen-bond donors (Lipinski definition) is 1. The lowest BCUT2D eigenvalue weighted by molar-refractivity contribution is 0.531. The molecular weight excluding hydrogens is 306 g/mol. The van der Waals surface area contributed by atoms with E-state index in [1.165, 1.54) is 28.1 Å². The Morgan fingerprint density at radius 1 is 0.913 bits per heavy atom. The molecule has 23 heavy (non-hydrogen) atoms. The van der Waals surface area contributed by atoms with Crippen LogP contribution in [0.2, 0.25) is 0 Å². The molecule has 0 aromatic heterocycles. The van der Waals surface area contributed by atoms with Crippen LogP contribution in [-0.4, -0.2) is 8.76 Å². The smallest absolute Gasteiger partial charge is 0.0442 e. The lowest BCUT2D eigenvalue weighted by atomic mass is 10.0. The van der Waals surface area contributed by atoms with Gasteiger partial charge in [0, 0.05) is 17.5 Å². The molecule has 116 valence electrons. The highest BCUT2D eigenvalue weighted by Gasteiger charge is 1.99. The SMILES string of the molecule is O=S([O-])NC=Cc1ccc(Cc2ccc3ccccc3c2)cc1. The lowest BCUT2D eigenvalue weighted by Gasteiger charge is -2.05. The van der Waals surface area contributed by atoms with Gasteiger partial charge in [-0.25, -0.2) is 0 Å². The summed E-state index contributed by atoms with van der Waals surface area (Å²) in [5.74, 6) is 0. The van der Waals surface area contributed by atoms with E-state index in [4.69, 9.17) is 0 Å². The van der Waals surface area contributed by atoms with Crippen molar-refractivity contribution < 1.29 is 8.76 Å². The molecule has 0 heterocycles. The van der Waals surface area contributed by atoms with Crippen LogP contribution >= 0.6 is 0 Å². The molecule has 0 bridgehead atoms. The van der Waals surface area contributed by atoms with Crippen LogP contribution in [0.15, 0.2) is 72.9 Å². The molecule has 0 radical (unpaired) electrons. The van der Waals surface area contributed by atoms with Crippen LogP contribution < -0.4 is 4.72 Å². The summed E-state index contributed by atoms with van der Waals surface area (Å²) >= 11 is -2.27. The van der Waals surface area contributed by atoms with E-state index in [0.29, 0.717) is 0 Å². The molecule has 0 aliphatic heterocycles. The Balaban J connectivity index is 1.71. The van der Waals surface area contributed by atoms with E-state index in [0.717, 1.165) is 12.0 Å². The standard InChI is InChI=1S/C19H17NO2S/c21-23(22)20-12-11-15-5-7-16(8-6-15)13-17-9-10-18-3-1-2-4-19(18)14-17/h1-12,14,20H,13H2,(H,21,22)/p-1. The number of benzene rings is 3. The van der Waals surface area contributed by atoms with Gasteiger partial charge in [0.25, 0.3) is 0 Å². The highest BCUT2D eigenvalue weighted by Crippen LogP contribution is 2.18. The maximum Gasteiger partial charge on any atom is 0.0442 e. The van der Waals surface area contributed by atoms with Gasteiger partial charge in [-0.2, -0.15) is 0 Å². The molecule has 3 aromatic rings. The fraction of sp³-hybridized carbons (Fsp3) is 0.0526. The third-order valence-corrected chi connectivity index (χ3v) is 3.97. The number of rotatable bonds is 5. The predicted molar refractivity (Wildman–Crippen MR) is 94.3 cm³/mol. The zero-order chi connectivity index (χ0) is 16.1. The van der Waals surface area contributed by atoms with Gasteiger partial charge in [0.1, 0.15) is 0 Å². The van der Waals surface area contributed by atoms with E-state index in [9.17, 15) is 8.76 Å². The topological polar surface area (TPSA) is 52.2 Å². The second kappa shape index (κ2) is 7.22. The Morgan fingerprint density at radius 3 is 2.35 bits per heavy atom. The molecule has 3 aromatic carbocycles. The van der Waals surface area contributed by atoms with Crippen molar-refractivity contribution in [1.82, 2.24) is 4.72 Å². The van der Waals surface area contributed by atoms with Crippen molar-refractivity contribution in [1.29, 1.82) is 0 Å². The zero-order valence-electron chi connectivity index (χ0n) is 12.4. The minimum absolute atomic E-state index is 0.873. The Bertz CT molecular complexity index is 857. The number of nitrogens with one attached hydrogen (secondary N) is 1. The van der Waals surface area contributed by atoms with Crippen molar-refractivity contribution in [2.75, 3.05) is 0 Å². The Labute approximate surface area is 138 Å². The minimum Gasteiger partial charge on any atom is -0.755 e. The predicted octanol–water partition coefficient (Wildman–Crippen LogP) is 3.79.